The predicted molar refractivity (Wildman–Crippen MR) is 86.0 cm³/mol. The number of nitrogens with zero attached hydrogens (tertiary/aromatic N) is 4. The number of carbonyl (C=O) groups excluding carboxylic acids is 2. The summed E-state index contributed by atoms with van der Waals surface area (Å²) in [5, 5.41) is 3.50. The van der Waals surface area contributed by atoms with Gasteiger partial charge in [0.05, 0.1) is 18.4 Å². The molecule has 0 spiro atoms. The molecule has 0 bridgehead atoms. The molecule has 0 aliphatic rings. The minimum atomic E-state index is -0.660. The molecule has 0 unspecified atom stereocenters. The maximum Gasteiger partial charge on any atom is 0.414 e. The zero-order valence-electron chi connectivity index (χ0n) is 14.1. The van der Waals surface area contributed by atoms with Crippen LogP contribution in [0.1, 0.15) is 36.7 Å². The molecule has 0 heterocycles. The van der Waals surface area contributed by atoms with E-state index in [1.807, 2.05) is 0 Å². The first-order chi connectivity index (χ1) is 10.6. The van der Waals surface area contributed by atoms with Crippen LogP contribution in [0, 0.1) is 6.92 Å². The summed E-state index contributed by atoms with van der Waals surface area (Å²) in [6.45, 7) is 6.92. The zero-order valence-corrected chi connectivity index (χ0v) is 14.1. The highest BCUT2D eigenvalue weighted by molar-refractivity contribution is 5.97. The van der Waals surface area contributed by atoms with Crippen LogP contribution >= 0.6 is 0 Å². The number of benzene rings is 1. The molecule has 0 atom stereocenters. The van der Waals surface area contributed by atoms with Gasteiger partial charge in [0.2, 0.25) is 0 Å². The molecule has 0 aliphatic heterocycles. The number of amides is 1. The number of rotatable bonds is 3. The van der Waals surface area contributed by atoms with Gasteiger partial charge < -0.3 is 9.47 Å². The normalized spacial score (nSPS) is 10.5. The Balaban J connectivity index is 3.38. The average molecular weight is 320 g/mol. The molecule has 0 saturated carbocycles. The Morgan fingerprint density at radius 3 is 2.39 bits per heavy atom. The van der Waals surface area contributed by atoms with Crippen molar-refractivity contribution < 1.29 is 19.1 Å². The van der Waals surface area contributed by atoms with E-state index < -0.39 is 17.7 Å². The molecule has 124 valence electrons. The number of esters is 1. The van der Waals surface area contributed by atoms with Gasteiger partial charge in [0, 0.05) is 17.6 Å². The number of ether oxygens (including phenoxy) is 2. The van der Waals surface area contributed by atoms with Crippen molar-refractivity contribution in [3.63, 3.8) is 0 Å². The fraction of sp³-hybridized carbons (Fsp3) is 0.467. The highest BCUT2D eigenvalue weighted by Gasteiger charge is 2.24. The second kappa shape index (κ2) is 7.02. The van der Waals surface area contributed by atoms with E-state index in [2.05, 4.69) is 10.0 Å². The van der Waals surface area contributed by atoms with Crippen LogP contribution in [0.15, 0.2) is 17.2 Å². The molecular formula is C15H20N4O4. The summed E-state index contributed by atoms with van der Waals surface area (Å²) in [6, 6.07) is 2.92. The molecule has 8 heteroatoms. The molecule has 23 heavy (non-hydrogen) atoms. The monoisotopic (exact) mass is 320 g/mol. The third-order valence-electron chi connectivity index (χ3n) is 2.96. The van der Waals surface area contributed by atoms with E-state index in [1.165, 1.54) is 31.2 Å². The van der Waals surface area contributed by atoms with Gasteiger partial charge in [-0.15, -0.1) is 0 Å². The van der Waals surface area contributed by atoms with Gasteiger partial charge in [-0.25, -0.2) is 9.59 Å². The van der Waals surface area contributed by atoms with Crippen LogP contribution in [-0.4, -0.2) is 31.8 Å². The summed E-state index contributed by atoms with van der Waals surface area (Å²) in [4.78, 5) is 28.0. The van der Waals surface area contributed by atoms with Gasteiger partial charge in [0.25, 0.3) is 0 Å². The first-order valence-corrected chi connectivity index (χ1v) is 6.85. The molecule has 8 nitrogen and oxygen atoms in total. The summed E-state index contributed by atoms with van der Waals surface area (Å²) in [7, 11) is 2.76. The molecule has 0 fully saturated rings. The Morgan fingerprint density at radius 2 is 1.91 bits per heavy atom. The van der Waals surface area contributed by atoms with Crippen LogP contribution in [0.4, 0.5) is 16.2 Å². The number of anilines is 1. The Morgan fingerprint density at radius 1 is 1.30 bits per heavy atom. The van der Waals surface area contributed by atoms with E-state index in [1.54, 1.807) is 27.7 Å². The fourth-order valence-electron chi connectivity index (χ4n) is 1.89. The quantitative estimate of drug-likeness (QED) is 0.362. The van der Waals surface area contributed by atoms with Crippen molar-refractivity contribution in [1.82, 2.24) is 0 Å². The SMILES string of the molecule is COC(=O)c1cc(N=[N+]=[N-])cc(N(C)C(=O)OC(C)(C)C)c1C. The van der Waals surface area contributed by atoms with Gasteiger partial charge in [0.15, 0.2) is 0 Å². The van der Waals surface area contributed by atoms with Gasteiger partial charge in [-0.1, -0.05) is 5.11 Å². The average Bonchev–Trinajstić information content (AvgIpc) is 2.45. The minimum absolute atomic E-state index is 0.198. The molecule has 1 amide bonds. The smallest absolute Gasteiger partial charge is 0.414 e. The molecule has 1 rings (SSSR count). The molecule has 0 aromatic heterocycles. The second-order valence-electron chi connectivity index (χ2n) is 5.86. The van der Waals surface area contributed by atoms with Gasteiger partial charge in [0.1, 0.15) is 5.60 Å². The number of hydrogen-bond acceptors (Lipinski definition) is 5. The standard InChI is InChI=1S/C15H20N4O4/c1-9-11(13(20)22-6)7-10(17-18-16)8-12(9)19(5)14(21)23-15(2,3)4/h7-8H,1-6H3. The third kappa shape index (κ3) is 4.62. The molecule has 0 aliphatic carbocycles. The van der Waals surface area contributed by atoms with Crippen LogP contribution in [0.3, 0.4) is 0 Å². The van der Waals surface area contributed by atoms with Crippen molar-refractivity contribution in [2.45, 2.75) is 33.3 Å². The maximum absolute atomic E-state index is 12.2. The Labute approximate surface area is 134 Å². The van der Waals surface area contributed by atoms with Gasteiger partial charge in [-0.2, -0.15) is 0 Å². The Bertz CT molecular complexity index is 673. The van der Waals surface area contributed by atoms with Crippen LogP contribution in [0.25, 0.3) is 10.4 Å². The van der Waals surface area contributed by atoms with E-state index in [9.17, 15) is 9.59 Å². The van der Waals surface area contributed by atoms with Crippen molar-refractivity contribution in [3.8, 4) is 0 Å². The van der Waals surface area contributed by atoms with Crippen LogP contribution < -0.4 is 4.90 Å². The molecule has 0 N–H and O–H groups in total. The van der Waals surface area contributed by atoms with E-state index in [-0.39, 0.29) is 11.3 Å². The highest BCUT2D eigenvalue weighted by Crippen LogP contribution is 2.30. The Kier molecular flexibility index (Phi) is 5.59. The lowest BCUT2D eigenvalue weighted by molar-refractivity contribution is 0.0579. The second-order valence-corrected chi connectivity index (χ2v) is 5.86. The van der Waals surface area contributed by atoms with Crippen LogP contribution in [-0.2, 0) is 9.47 Å². The lowest BCUT2D eigenvalue weighted by atomic mass is 10.0. The largest absolute Gasteiger partial charge is 0.465 e. The number of methoxy groups -OCH3 is 1. The van der Waals surface area contributed by atoms with Crippen molar-refractivity contribution in [2.75, 3.05) is 19.1 Å². The number of hydrogen-bond donors (Lipinski definition) is 0. The number of carbonyl (C=O) groups is 2. The van der Waals surface area contributed by atoms with Crippen molar-refractivity contribution >= 4 is 23.4 Å². The topological polar surface area (TPSA) is 105 Å². The van der Waals surface area contributed by atoms with E-state index in [4.69, 9.17) is 15.0 Å². The van der Waals surface area contributed by atoms with Gasteiger partial charge in [-0.05, 0) is 50.9 Å². The van der Waals surface area contributed by atoms with Gasteiger partial charge >= 0.3 is 12.1 Å². The van der Waals surface area contributed by atoms with Crippen LogP contribution in [0.5, 0.6) is 0 Å². The molecule has 0 radical (unpaired) electrons. The summed E-state index contributed by atoms with van der Waals surface area (Å²) in [6.07, 6.45) is -0.588. The van der Waals surface area contributed by atoms with Gasteiger partial charge in [-0.3, -0.25) is 4.90 Å². The highest BCUT2D eigenvalue weighted by atomic mass is 16.6. The molecule has 1 aromatic rings. The van der Waals surface area contributed by atoms with Crippen molar-refractivity contribution in [1.29, 1.82) is 0 Å². The van der Waals surface area contributed by atoms with E-state index in [0.29, 0.717) is 11.3 Å². The zero-order chi connectivity index (χ0) is 17.8. The maximum atomic E-state index is 12.2. The lowest BCUT2D eigenvalue weighted by Gasteiger charge is -2.26. The number of azide groups is 1. The first kappa shape index (κ1) is 18.3. The summed E-state index contributed by atoms with van der Waals surface area (Å²) >= 11 is 0. The van der Waals surface area contributed by atoms with Crippen molar-refractivity contribution in [2.24, 2.45) is 5.11 Å². The summed E-state index contributed by atoms with van der Waals surface area (Å²) < 4.78 is 10.0. The van der Waals surface area contributed by atoms with Crippen LogP contribution in [0.2, 0.25) is 0 Å². The first-order valence-electron chi connectivity index (χ1n) is 6.85. The van der Waals surface area contributed by atoms with Crippen molar-refractivity contribution in [3.05, 3.63) is 33.7 Å². The third-order valence-corrected chi connectivity index (χ3v) is 2.96. The molecular weight excluding hydrogens is 300 g/mol. The molecule has 1 aromatic carbocycles. The Hall–Kier alpha value is -2.73. The fourth-order valence-corrected chi connectivity index (χ4v) is 1.89. The molecule has 0 saturated heterocycles. The van der Waals surface area contributed by atoms with E-state index in [0.717, 1.165) is 0 Å². The minimum Gasteiger partial charge on any atom is -0.465 e. The summed E-state index contributed by atoms with van der Waals surface area (Å²) in [5.74, 6) is -0.587. The lowest BCUT2D eigenvalue weighted by Crippen LogP contribution is -2.34. The predicted octanol–water partition coefficient (Wildman–Crippen LogP) is 4.09. The summed E-state index contributed by atoms with van der Waals surface area (Å²) in [5.41, 5.74) is 9.26. The van der Waals surface area contributed by atoms with E-state index >= 15 is 0 Å².